The van der Waals surface area contributed by atoms with Gasteiger partial charge in [-0.05, 0) is 25.1 Å². The average molecular weight is 329 g/mol. The lowest BCUT2D eigenvalue weighted by molar-refractivity contribution is 0.969. The van der Waals surface area contributed by atoms with Gasteiger partial charge in [-0.25, -0.2) is 4.98 Å². The van der Waals surface area contributed by atoms with Crippen molar-refractivity contribution in [2.75, 3.05) is 11.9 Å². The van der Waals surface area contributed by atoms with E-state index in [0.29, 0.717) is 17.1 Å². The van der Waals surface area contributed by atoms with Crippen LogP contribution in [-0.4, -0.2) is 16.5 Å². The number of nitrogens with zero attached hydrogens (tertiary/aromatic N) is 3. The highest BCUT2D eigenvalue weighted by molar-refractivity contribution is 7.09. The quantitative estimate of drug-likeness (QED) is 0.780. The Bertz CT molecular complexity index is 866. The Morgan fingerprint density at radius 2 is 2.27 bits per heavy atom. The number of hydrogen-bond acceptors (Lipinski definition) is 5. The molecule has 0 radical (unpaired) electrons. The monoisotopic (exact) mass is 328 g/mol. The van der Waals surface area contributed by atoms with E-state index in [1.165, 1.54) is 0 Å². The Labute approximate surface area is 137 Å². The first kappa shape index (κ1) is 14.8. The molecule has 0 spiro atoms. The minimum atomic E-state index is 0.518. The Kier molecular flexibility index (Phi) is 4.23. The third-order valence-corrected chi connectivity index (χ3v) is 4.36. The number of benzene rings is 1. The number of thiazole rings is 1. The zero-order chi connectivity index (χ0) is 15.5. The molecule has 0 saturated heterocycles. The molecule has 0 aliphatic heterocycles. The second-order valence-corrected chi connectivity index (χ2v) is 6.35. The Balaban J connectivity index is 1.88. The van der Waals surface area contributed by atoms with Gasteiger partial charge < -0.3 is 5.32 Å². The summed E-state index contributed by atoms with van der Waals surface area (Å²) in [6.45, 7) is 2.69. The Morgan fingerprint density at radius 1 is 1.41 bits per heavy atom. The van der Waals surface area contributed by atoms with Crippen molar-refractivity contribution in [1.82, 2.24) is 9.97 Å². The van der Waals surface area contributed by atoms with E-state index in [-0.39, 0.29) is 0 Å². The van der Waals surface area contributed by atoms with Gasteiger partial charge in [0.2, 0.25) is 0 Å². The number of hydrogen-bond donors (Lipinski definition) is 1. The van der Waals surface area contributed by atoms with Crippen LogP contribution in [0.15, 0.2) is 29.8 Å². The second kappa shape index (κ2) is 6.30. The van der Waals surface area contributed by atoms with Crippen LogP contribution in [0, 0.1) is 18.3 Å². The van der Waals surface area contributed by atoms with Gasteiger partial charge in [-0.15, -0.1) is 11.3 Å². The van der Waals surface area contributed by atoms with E-state index in [2.05, 4.69) is 26.7 Å². The van der Waals surface area contributed by atoms with Gasteiger partial charge in [0.1, 0.15) is 6.07 Å². The Morgan fingerprint density at radius 3 is 3.00 bits per heavy atom. The van der Waals surface area contributed by atoms with Gasteiger partial charge in [0.25, 0.3) is 0 Å². The van der Waals surface area contributed by atoms with Crippen molar-refractivity contribution in [1.29, 1.82) is 5.26 Å². The summed E-state index contributed by atoms with van der Waals surface area (Å²) in [5.41, 5.74) is 3.17. The summed E-state index contributed by atoms with van der Waals surface area (Å²) < 4.78 is 0. The summed E-state index contributed by atoms with van der Waals surface area (Å²) in [6, 6.07) is 7.66. The van der Waals surface area contributed by atoms with Gasteiger partial charge in [-0.1, -0.05) is 11.6 Å². The lowest BCUT2D eigenvalue weighted by atomic mass is 10.1. The van der Waals surface area contributed by atoms with Gasteiger partial charge in [-0.2, -0.15) is 5.26 Å². The number of nitriles is 1. The normalized spacial score (nSPS) is 10.6. The molecule has 22 heavy (non-hydrogen) atoms. The minimum Gasteiger partial charge on any atom is -0.383 e. The van der Waals surface area contributed by atoms with Crippen molar-refractivity contribution in [2.45, 2.75) is 13.3 Å². The predicted octanol–water partition coefficient (Wildman–Crippen LogP) is 4.18. The maximum atomic E-state index is 9.29. The number of halogens is 1. The zero-order valence-corrected chi connectivity index (χ0v) is 13.5. The molecule has 6 heteroatoms. The van der Waals surface area contributed by atoms with Crippen LogP contribution in [0.1, 0.15) is 16.3 Å². The van der Waals surface area contributed by atoms with E-state index in [0.717, 1.165) is 33.7 Å². The van der Waals surface area contributed by atoms with Gasteiger partial charge in [0.05, 0.1) is 27.5 Å². The molecule has 3 aromatic rings. The smallest absolute Gasteiger partial charge is 0.103 e. The van der Waals surface area contributed by atoms with Crippen molar-refractivity contribution in [3.8, 4) is 6.07 Å². The number of anilines is 1. The molecule has 3 rings (SSSR count). The molecule has 2 heterocycles. The SMILES string of the molecule is Cc1nc(CCNc2c(C#N)cnc3ccc(Cl)cc23)cs1. The van der Waals surface area contributed by atoms with E-state index >= 15 is 0 Å². The summed E-state index contributed by atoms with van der Waals surface area (Å²) in [4.78, 5) is 8.73. The van der Waals surface area contributed by atoms with E-state index < -0.39 is 0 Å². The molecule has 0 fully saturated rings. The highest BCUT2D eigenvalue weighted by atomic mass is 35.5. The maximum Gasteiger partial charge on any atom is 0.103 e. The van der Waals surface area contributed by atoms with Crippen LogP contribution in [-0.2, 0) is 6.42 Å². The summed E-state index contributed by atoms with van der Waals surface area (Å²) in [5.74, 6) is 0. The first-order valence-electron chi connectivity index (χ1n) is 6.80. The highest BCUT2D eigenvalue weighted by Gasteiger charge is 2.09. The van der Waals surface area contributed by atoms with Crippen molar-refractivity contribution in [3.63, 3.8) is 0 Å². The predicted molar refractivity (Wildman–Crippen MR) is 90.5 cm³/mol. The van der Waals surface area contributed by atoms with Gasteiger partial charge in [0, 0.05) is 35.0 Å². The second-order valence-electron chi connectivity index (χ2n) is 4.85. The van der Waals surface area contributed by atoms with Crippen molar-refractivity contribution in [2.24, 2.45) is 0 Å². The molecule has 1 N–H and O–H groups in total. The fourth-order valence-electron chi connectivity index (χ4n) is 2.28. The van der Waals surface area contributed by atoms with Crippen molar-refractivity contribution >= 4 is 39.5 Å². The molecule has 0 unspecified atom stereocenters. The average Bonchev–Trinajstić information content (AvgIpc) is 2.93. The van der Waals surface area contributed by atoms with Crippen LogP contribution >= 0.6 is 22.9 Å². The van der Waals surface area contributed by atoms with Gasteiger partial charge in [0.15, 0.2) is 0 Å². The van der Waals surface area contributed by atoms with Gasteiger partial charge >= 0.3 is 0 Å². The molecular weight excluding hydrogens is 316 g/mol. The van der Waals surface area contributed by atoms with Crippen LogP contribution in [0.4, 0.5) is 5.69 Å². The molecule has 0 amide bonds. The highest BCUT2D eigenvalue weighted by Crippen LogP contribution is 2.28. The third kappa shape index (κ3) is 3.03. The molecule has 0 aliphatic carbocycles. The van der Waals surface area contributed by atoms with E-state index in [4.69, 9.17) is 11.6 Å². The lowest BCUT2D eigenvalue weighted by Gasteiger charge is -2.11. The summed E-state index contributed by atoms with van der Waals surface area (Å²) in [7, 11) is 0. The third-order valence-electron chi connectivity index (χ3n) is 3.30. The number of nitrogens with one attached hydrogen (secondary N) is 1. The van der Waals surface area contributed by atoms with E-state index in [1.54, 1.807) is 23.6 Å². The van der Waals surface area contributed by atoms with Crippen LogP contribution < -0.4 is 5.32 Å². The minimum absolute atomic E-state index is 0.518. The lowest BCUT2D eigenvalue weighted by Crippen LogP contribution is -2.07. The molecule has 4 nitrogen and oxygen atoms in total. The molecular formula is C16H13ClN4S. The molecule has 0 saturated carbocycles. The zero-order valence-electron chi connectivity index (χ0n) is 11.9. The van der Waals surface area contributed by atoms with Crippen molar-refractivity contribution in [3.05, 3.63) is 51.1 Å². The largest absolute Gasteiger partial charge is 0.383 e. The molecule has 0 bridgehead atoms. The number of pyridine rings is 1. The van der Waals surface area contributed by atoms with Crippen molar-refractivity contribution < 1.29 is 0 Å². The van der Waals surface area contributed by atoms with Crippen LogP contribution in [0.25, 0.3) is 10.9 Å². The van der Waals surface area contributed by atoms with Crippen LogP contribution in [0.2, 0.25) is 5.02 Å². The summed E-state index contributed by atoms with van der Waals surface area (Å²) in [5, 5.41) is 17.2. The van der Waals surface area contributed by atoms with E-state index in [1.807, 2.05) is 19.1 Å². The summed E-state index contributed by atoms with van der Waals surface area (Å²) >= 11 is 7.72. The standard InChI is InChI=1S/C16H13ClN4S/c1-10-21-13(9-22-10)4-5-19-16-11(7-18)8-20-15-3-2-12(17)6-14(15)16/h2-3,6,8-9H,4-5H2,1H3,(H,19,20). The topological polar surface area (TPSA) is 61.6 Å². The Hall–Kier alpha value is -2.16. The fourth-order valence-corrected chi connectivity index (χ4v) is 3.10. The first-order chi connectivity index (χ1) is 10.7. The summed E-state index contributed by atoms with van der Waals surface area (Å²) in [6.07, 6.45) is 2.39. The van der Waals surface area contributed by atoms with E-state index in [9.17, 15) is 5.26 Å². The number of rotatable bonds is 4. The molecule has 2 aromatic heterocycles. The first-order valence-corrected chi connectivity index (χ1v) is 8.06. The molecule has 1 aromatic carbocycles. The van der Waals surface area contributed by atoms with Gasteiger partial charge in [-0.3, -0.25) is 4.98 Å². The molecule has 0 aliphatic rings. The fraction of sp³-hybridized carbons (Fsp3) is 0.188. The number of aryl methyl sites for hydroxylation is 1. The molecule has 110 valence electrons. The molecule has 0 atom stereocenters. The van der Waals surface area contributed by atoms with Crippen LogP contribution in [0.3, 0.4) is 0 Å². The van der Waals surface area contributed by atoms with Crippen LogP contribution in [0.5, 0.6) is 0 Å². The number of fused-ring (bicyclic) bond motifs is 1. The maximum absolute atomic E-state index is 9.29. The number of aromatic nitrogens is 2.